The fourth-order valence-corrected chi connectivity index (χ4v) is 1.76. The highest BCUT2D eigenvalue weighted by molar-refractivity contribution is 6.52. The third kappa shape index (κ3) is 2.55. The third-order valence-corrected chi connectivity index (χ3v) is 2.77. The van der Waals surface area contributed by atoms with E-state index < -0.39 is 0 Å². The van der Waals surface area contributed by atoms with Crippen molar-refractivity contribution >= 4 is 22.3 Å². The van der Waals surface area contributed by atoms with Gasteiger partial charge in [-0.1, -0.05) is 23.7 Å². The fourth-order valence-electron chi connectivity index (χ4n) is 1.48. The molecule has 0 N–H and O–H groups in total. The van der Waals surface area contributed by atoms with Crippen LogP contribution in [0.1, 0.15) is 11.1 Å². The number of hydrogen-bond donors (Lipinski definition) is 0. The molecule has 88 valence electrons. The zero-order chi connectivity index (χ0) is 13.0. The van der Waals surface area contributed by atoms with Crippen molar-refractivity contribution in [1.29, 1.82) is 0 Å². The summed E-state index contributed by atoms with van der Waals surface area (Å²) in [6.07, 6.45) is 3.19. The first-order valence-electron chi connectivity index (χ1n) is 5.16. The summed E-state index contributed by atoms with van der Waals surface area (Å²) in [5.74, 6) is -0.337. The Morgan fingerprint density at radius 2 is 1.67 bits per heavy atom. The summed E-state index contributed by atoms with van der Waals surface area (Å²) in [6, 6.07) is 9.13. The molecule has 0 atom stereocenters. The van der Waals surface area contributed by atoms with Gasteiger partial charge in [0.2, 0.25) is 5.70 Å². The topological polar surface area (TPSA) is 17.2 Å². The number of halogens is 2. The molecule has 18 heavy (non-hydrogen) atoms. The molecule has 2 rings (SSSR count). The van der Waals surface area contributed by atoms with Crippen LogP contribution in [0.15, 0.2) is 48.8 Å². The van der Waals surface area contributed by atoms with Gasteiger partial charge >= 0.3 is 0 Å². The SMILES string of the molecule is [C-]#[N+]/C(=C(\Cl)c1ccc(F)cc1)c1ccncc1. The summed E-state index contributed by atoms with van der Waals surface area (Å²) < 4.78 is 12.8. The highest BCUT2D eigenvalue weighted by atomic mass is 35.5. The summed E-state index contributed by atoms with van der Waals surface area (Å²) in [4.78, 5) is 7.32. The van der Waals surface area contributed by atoms with Crippen LogP contribution < -0.4 is 0 Å². The number of rotatable bonds is 2. The minimum Gasteiger partial charge on any atom is -0.265 e. The first kappa shape index (κ1) is 12.3. The minimum absolute atomic E-state index is 0.302. The Labute approximate surface area is 109 Å². The molecule has 0 radical (unpaired) electrons. The first-order valence-corrected chi connectivity index (χ1v) is 5.53. The van der Waals surface area contributed by atoms with Crippen LogP contribution in [0.5, 0.6) is 0 Å². The van der Waals surface area contributed by atoms with Gasteiger partial charge in [0.1, 0.15) is 5.82 Å². The van der Waals surface area contributed by atoms with Gasteiger partial charge in [0.25, 0.3) is 0 Å². The zero-order valence-corrected chi connectivity index (χ0v) is 10.0. The van der Waals surface area contributed by atoms with E-state index in [-0.39, 0.29) is 5.82 Å². The predicted molar refractivity (Wildman–Crippen MR) is 69.9 cm³/mol. The van der Waals surface area contributed by atoms with Gasteiger partial charge in [-0.3, -0.25) is 4.98 Å². The minimum atomic E-state index is -0.337. The number of nitrogens with zero attached hydrogens (tertiary/aromatic N) is 2. The first-order chi connectivity index (χ1) is 8.72. The molecule has 4 heteroatoms. The van der Waals surface area contributed by atoms with E-state index in [2.05, 4.69) is 9.83 Å². The molecule has 0 aliphatic carbocycles. The summed E-state index contributed by atoms with van der Waals surface area (Å²) in [5, 5.41) is 0.302. The second kappa shape index (κ2) is 5.44. The van der Waals surface area contributed by atoms with Crippen LogP contribution in [0.3, 0.4) is 0 Å². The van der Waals surface area contributed by atoms with Crippen molar-refractivity contribution in [3.05, 3.63) is 77.2 Å². The largest absolute Gasteiger partial charge is 0.265 e. The molecule has 1 aromatic carbocycles. The van der Waals surface area contributed by atoms with Crippen molar-refractivity contribution in [2.24, 2.45) is 0 Å². The maximum Gasteiger partial charge on any atom is 0.213 e. The molecule has 1 heterocycles. The van der Waals surface area contributed by atoms with E-state index in [0.717, 1.165) is 0 Å². The van der Waals surface area contributed by atoms with E-state index in [1.165, 1.54) is 12.1 Å². The van der Waals surface area contributed by atoms with E-state index >= 15 is 0 Å². The molecular formula is C14H8ClFN2. The molecule has 0 fully saturated rings. The van der Waals surface area contributed by atoms with Crippen molar-refractivity contribution in [2.45, 2.75) is 0 Å². The lowest BCUT2D eigenvalue weighted by Gasteiger charge is -2.04. The summed E-state index contributed by atoms with van der Waals surface area (Å²) in [7, 11) is 0. The van der Waals surface area contributed by atoms with Crippen LogP contribution in [-0.2, 0) is 0 Å². The molecule has 2 nitrogen and oxygen atoms in total. The Morgan fingerprint density at radius 1 is 1.06 bits per heavy atom. The molecular weight excluding hydrogens is 251 g/mol. The average Bonchev–Trinajstić information content (AvgIpc) is 2.41. The zero-order valence-electron chi connectivity index (χ0n) is 9.27. The van der Waals surface area contributed by atoms with E-state index in [0.29, 0.717) is 21.9 Å². The monoisotopic (exact) mass is 258 g/mol. The molecule has 0 unspecified atom stereocenters. The quantitative estimate of drug-likeness (QED) is 0.738. The lowest BCUT2D eigenvalue weighted by molar-refractivity contribution is 0.628. The molecule has 0 spiro atoms. The number of hydrogen-bond acceptors (Lipinski definition) is 1. The summed E-state index contributed by atoms with van der Waals surface area (Å²) >= 11 is 6.18. The molecule has 0 aliphatic heterocycles. The lowest BCUT2D eigenvalue weighted by atomic mass is 10.1. The average molecular weight is 259 g/mol. The highest BCUT2D eigenvalue weighted by Crippen LogP contribution is 2.30. The van der Waals surface area contributed by atoms with Crippen LogP contribution in [0.25, 0.3) is 15.6 Å². The molecule has 0 amide bonds. The normalized spacial score (nSPS) is 11.6. The van der Waals surface area contributed by atoms with Crippen LogP contribution in [-0.4, -0.2) is 4.98 Å². The van der Waals surface area contributed by atoms with E-state index in [1.807, 2.05) is 0 Å². The van der Waals surface area contributed by atoms with Gasteiger partial charge < -0.3 is 0 Å². The Bertz CT molecular complexity index is 612. The lowest BCUT2D eigenvalue weighted by Crippen LogP contribution is -1.85. The van der Waals surface area contributed by atoms with Gasteiger partial charge in [-0.2, -0.15) is 0 Å². The van der Waals surface area contributed by atoms with Crippen molar-refractivity contribution in [1.82, 2.24) is 4.98 Å². The molecule has 0 saturated heterocycles. The predicted octanol–water partition coefficient (Wildman–Crippen LogP) is 4.20. The number of aromatic nitrogens is 1. The molecule has 0 bridgehead atoms. The van der Waals surface area contributed by atoms with E-state index in [9.17, 15) is 4.39 Å². The van der Waals surface area contributed by atoms with Gasteiger partial charge in [0.05, 0.1) is 11.6 Å². The third-order valence-electron chi connectivity index (χ3n) is 2.37. The summed E-state index contributed by atoms with van der Waals surface area (Å²) in [5.41, 5.74) is 1.63. The molecule has 2 aromatic rings. The van der Waals surface area contributed by atoms with Crippen molar-refractivity contribution in [2.75, 3.05) is 0 Å². The van der Waals surface area contributed by atoms with E-state index in [1.54, 1.807) is 36.7 Å². The van der Waals surface area contributed by atoms with Crippen LogP contribution in [0.4, 0.5) is 4.39 Å². The maximum atomic E-state index is 12.8. The number of benzene rings is 1. The van der Waals surface area contributed by atoms with Crippen molar-refractivity contribution in [3.63, 3.8) is 0 Å². The Kier molecular flexibility index (Phi) is 3.71. The van der Waals surface area contributed by atoms with Gasteiger partial charge in [-0.05, 0) is 35.4 Å². The molecule has 0 saturated carbocycles. The van der Waals surface area contributed by atoms with Gasteiger partial charge in [0.15, 0.2) is 0 Å². The van der Waals surface area contributed by atoms with Gasteiger partial charge in [-0.25, -0.2) is 9.24 Å². The van der Waals surface area contributed by atoms with E-state index in [4.69, 9.17) is 18.2 Å². The second-order valence-electron chi connectivity index (χ2n) is 3.52. The maximum absolute atomic E-state index is 12.8. The van der Waals surface area contributed by atoms with Crippen molar-refractivity contribution in [3.8, 4) is 0 Å². The van der Waals surface area contributed by atoms with Crippen LogP contribution in [0, 0.1) is 12.4 Å². The Hall–Kier alpha value is -2.18. The fraction of sp³-hybridized carbons (Fsp3) is 0. The standard InChI is InChI=1S/C14H8ClFN2/c1-17-14(11-6-8-18-9-7-11)13(15)10-2-4-12(16)5-3-10/h2-9H/b14-13-. The second-order valence-corrected chi connectivity index (χ2v) is 3.90. The Morgan fingerprint density at radius 3 is 2.22 bits per heavy atom. The smallest absolute Gasteiger partial charge is 0.213 e. The molecule has 0 aliphatic rings. The van der Waals surface area contributed by atoms with Crippen LogP contribution in [0.2, 0.25) is 0 Å². The summed E-state index contributed by atoms with van der Waals surface area (Å²) in [6.45, 7) is 7.21. The Balaban J connectivity index is 2.51. The number of pyridine rings is 1. The van der Waals surface area contributed by atoms with Gasteiger partial charge in [-0.15, -0.1) is 0 Å². The highest BCUT2D eigenvalue weighted by Gasteiger charge is 2.09. The molecule has 1 aromatic heterocycles. The van der Waals surface area contributed by atoms with Gasteiger partial charge in [0, 0.05) is 12.4 Å². The van der Waals surface area contributed by atoms with Crippen molar-refractivity contribution < 1.29 is 4.39 Å². The van der Waals surface area contributed by atoms with Crippen LogP contribution >= 0.6 is 11.6 Å².